The Kier molecular flexibility index (Phi) is 8.95. The number of nitrogens with zero attached hydrogens (tertiary/aromatic N) is 1. The summed E-state index contributed by atoms with van der Waals surface area (Å²) in [6.07, 6.45) is -4.64. The number of alkyl halides is 6. The first-order valence-corrected chi connectivity index (χ1v) is 12.3. The van der Waals surface area contributed by atoms with Gasteiger partial charge in [0.05, 0.1) is 5.56 Å². The van der Waals surface area contributed by atoms with Gasteiger partial charge in [-0.15, -0.1) is 0 Å². The van der Waals surface area contributed by atoms with Gasteiger partial charge in [-0.2, -0.15) is 26.3 Å². The summed E-state index contributed by atoms with van der Waals surface area (Å²) in [6, 6.07) is 1.74. The van der Waals surface area contributed by atoms with Crippen LogP contribution in [0.3, 0.4) is 0 Å². The number of hydrogen-bond donors (Lipinski definition) is 2. The lowest BCUT2D eigenvalue weighted by Gasteiger charge is -2.45. The van der Waals surface area contributed by atoms with Crippen molar-refractivity contribution in [2.45, 2.75) is 57.8 Å². The molecule has 4 nitrogen and oxygen atoms in total. The summed E-state index contributed by atoms with van der Waals surface area (Å²) >= 11 is 0. The third kappa shape index (κ3) is 6.72. The van der Waals surface area contributed by atoms with E-state index in [4.69, 9.17) is 0 Å². The van der Waals surface area contributed by atoms with Gasteiger partial charge in [0.2, 0.25) is 0 Å². The van der Waals surface area contributed by atoms with Crippen molar-refractivity contribution in [2.75, 3.05) is 32.7 Å². The molecule has 1 heterocycles. The fourth-order valence-electron chi connectivity index (χ4n) is 4.86. The number of amides is 1. The van der Waals surface area contributed by atoms with Crippen LogP contribution in [0.5, 0.6) is 0 Å². The van der Waals surface area contributed by atoms with Crippen LogP contribution in [-0.4, -0.2) is 49.7 Å². The molecular formula is C25H32F7N3O. The van der Waals surface area contributed by atoms with Crippen LogP contribution in [0.15, 0.2) is 30.0 Å². The van der Waals surface area contributed by atoms with Crippen molar-refractivity contribution in [1.29, 1.82) is 0 Å². The quantitative estimate of drug-likeness (QED) is 0.396. The first-order chi connectivity index (χ1) is 16.9. The number of benzene rings is 1. The first-order valence-electron chi connectivity index (χ1n) is 12.3. The molecule has 0 radical (unpaired) electrons. The zero-order valence-electron chi connectivity index (χ0n) is 20.2. The number of halogens is 7. The van der Waals surface area contributed by atoms with Crippen molar-refractivity contribution in [3.63, 3.8) is 0 Å². The standard InChI is InChI=1S/C25H32F7N3O/c1-2-4-21(23(7-3-8-23)25(30,31)32)33-9-12-35-10-5-17(6-11-35)16-34-22(36)18-13-19(24(27,28)29)15-20(26)14-18/h4,13-15,17,33H,2-3,5-12,16H2,1H3,(H,34,36)/b21-4+. The predicted octanol–water partition coefficient (Wildman–Crippen LogP) is 5.90. The highest BCUT2D eigenvalue weighted by molar-refractivity contribution is 5.94. The van der Waals surface area contributed by atoms with Crippen LogP contribution in [-0.2, 0) is 6.18 Å². The number of carbonyl (C=O) groups excluding carboxylic acids is 1. The molecule has 3 rings (SSSR count). The van der Waals surface area contributed by atoms with E-state index in [0.29, 0.717) is 51.2 Å². The molecule has 1 aliphatic heterocycles. The Morgan fingerprint density at radius 3 is 2.28 bits per heavy atom. The van der Waals surface area contributed by atoms with E-state index in [-0.39, 0.29) is 36.6 Å². The van der Waals surface area contributed by atoms with E-state index >= 15 is 0 Å². The molecule has 1 saturated heterocycles. The van der Waals surface area contributed by atoms with E-state index in [9.17, 15) is 35.5 Å². The SMILES string of the molecule is CC/C=C(/NCCN1CCC(CNC(=O)c2cc(F)cc(C(F)(F)F)c2)CC1)C1(C(F)(F)F)CCC1. The van der Waals surface area contributed by atoms with Gasteiger partial charge in [0.25, 0.3) is 5.91 Å². The third-order valence-electron chi connectivity index (χ3n) is 7.16. The summed E-state index contributed by atoms with van der Waals surface area (Å²) in [5.74, 6) is -1.79. The minimum Gasteiger partial charge on any atom is -0.387 e. The van der Waals surface area contributed by atoms with Gasteiger partial charge in [-0.25, -0.2) is 4.39 Å². The second-order valence-electron chi connectivity index (χ2n) is 9.61. The Balaban J connectivity index is 1.43. The number of piperidine rings is 1. The minimum absolute atomic E-state index is 0.104. The van der Waals surface area contributed by atoms with Crippen LogP contribution in [0.25, 0.3) is 0 Å². The smallest absolute Gasteiger partial charge is 0.387 e. The second kappa shape index (κ2) is 11.4. The monoisotopic (exact) mass is 523 g/mol. The number of allylic oxidation sites excluding steroid dienone is 2. The lowest BCUT2D eigenvalue weighted by Crippen LogP contribution is -2.50. The van der Waals surface area contributed by atoms with Gasteiger partial charge in [-0.3, -0.25) is 4.79 Å². The van der Waals surface area contributed by atoms with E-state index < -0.39 is 35.1 Å². The molecule has 0 unspecified atom stereocenters. The van der Waals surface area contributed by atoms with Gasteiger partial charge >= 0.3 is 12.4 Å². The van der Waals surface area contributed by atoms with E-state index in [0.717, 1.165) is 18.9 Å². The van der Waals surface area contributed by atoms with Gasteiger partial charge in [0.1, 0.15) is 11.2 Å². The van der Waals surface area contributed by atoms with Crippen molar-refractivity contribution in [3.8, 4) is 0 Å². The molecule has 1 saturated carbocycles. The first kappa shape index (κ1) is 28.3. The zero-order chi connectivity index (χ0) is 26.6. The molecule has 11 heteroatoms. The summed E-state index contributed by atoms with van der Waals surface area (Å²) in [7, 11) is 0. The van der Waals surface area contributed by atoms with E-state index in [1.165, 1.54) is 0 Å². The van der Waals surface area contributed by atoms with E-state index in [1.54, 1.807) is 6.08 Å². The molecule has 2 aliphatic rings. The summed E-state index contributed by atoms with van der Waals surface area (Å²) in [5, 5.41) is 5.63. The maximum absolute atomic E-state index is 13.7. The van der Waals surface area contributed by atoms with Crippen LogP contribution in [0.4, 0.5) is 30.7 Å². The van der Waals surface area contributed by atoms with Crippen molar-refractivity contribution >= 4 is 5.91 Å². The summed E-state index contributed by atoms with van der Waals surface area (Å²) in [4.78, 5) is 14.4. The van der Waals surface area contributed by atoms with Gasteiger partial charge in [-0.05, 0) is 69.3 Å². The van der Waals surface area contributed by atoms with Gasteiger partial charge in [-0.1, -0.05) is 19.4 Å². The third-order valence-corrected chi connectivity index (χ3v) is 7.16. The molecule has 2 fully saturated rings. The molecule has 0 spiro atoms. The zero-order valence-corrected chi connectivity index (χ0v) is 20.2. The largest absolute Gasteiger partial charge is 0.416 e. The number of likely N-dealkylation sites (tertiary alicyclic amines) is 1. The van der Waals surface area contributed by atoms with Crippen molar-refractivity contribution < 1.29 is 35.5 Å². The molecule has 0 atom stereocenters. The van der Waals surface area contributed by atoms with Crippen molar-refractivity contribution in [2.24, 2.45) is 11.3 Å². The molecule has 1 amide bonds. The van der Waals surface area contributed by atoms with Crippen LogP contribution in [0.2, 0.25) is 0 Å². The lowest BCUT2D eigenvalue weighted by atomic mass is 9.65. The topological polar surface area (TPSA) is 44.4 Å². The van der Waals surface area contributed by atoms with E-state index in [2.05, 4.69) is 15.5 Å². The number of nitrogens with one attached hydrogen (secondary N) is 2. The Hall–Kier alpha value is -2.30. The minimum atomic E-state index is -4.75. The van der Waals surface area contributed by atoms with Gasteiger partial charge in [0, 0.05) is 30.9 Å². The second-order valence-corrected chi connectivity index (χ2v) is 9.61. The maximum atomic E-state index is 13.7. The summed E-state index contributed by atoms with van der Waals surface area (Å²) in [5.41, 5.74) is -3.08. The molecule has 1 aromatic carbocycles. The number of carbonyl (C=O) groups is 1. The molecule has 0 bridgehead atoms. The Bertz CT molecular complexity index is 931. The molecule has 36 heavy (non-hydrogen) atoms. The fraction of sp³-hybridized carbons (Fsp3) is 0.640. The molecule has 1 aliphatic carbocycles. The highest BCUT2D eigenvalue weighted by Gasteiger charge is 2.60. The molecule has 202 valence electrons. The Morgan fingerprint density at radius 1 is 1.08 bits per heavy atom. The molecule has 2 N–H and O–H groups in total. The maximum Gasteiger partial charge on any atom is 0.416 e. The fourth-order valence-corrected chi connectivity index (χ4v) is 4.86. The van der Waals surface area contributed by atoms with Crippen molar-refractivity contribution in [3.05, 3.63) is 46.9 Å². The van der Waals surface area contributed by atoms with Crippen LogP contribution in [0.1, 0.15) is 61.4 Å². The normalized spacial score (nSPS) is 19.6. The Morgan fingerprint density at radius 2 is 1.75 bits per heavy atom. The summed E-state index contributed by atoms with van der Waals surface area (Å²) < 4.78 is 93.2. The lowest BCUT2D eigenvalue weighted by molar-refractivity contribution is -0.236. The van der Waals surface area contributed by atoms with E-state index in [1.807, 2.05) is 6.92 Å². The highest BCUT2D eigenvalue weighted by atomic mass is 19.4. The van der Waals surface area contributed by atoms with Gasteiger partial charge in [0.15, 0.2) is 0 Å². The molecular weight excluding hydrogens is 491 g/mol. The summed E-state index contributed by atoms with van der Waals surface area (Å²) in [6.45, 7) is 4.43. The average Bonchev–Trinajstić information content (AvgIpc) is 2.75. The predicted molar refractivity (Wildman–Crippen MR) is 122 cm³/mol. The van der Waals surface area contributed by atoms with Crippen molar-refractivity contribution in [1.82, 2.24) is 15.5 Å². The average molecular weight is 524 g/mol. The molecule has 1 aromatic rings. The van der Waals surface area contributed by atoms with Crippen LogP contribution in [0, 0.1) is 17.2 Å². The number of rotatable bonds is 9. The van der Waals surface area contributed by atoms with Crippen LogP contribution < -0.4 is 10.6 Å². The number of hydrogen-bond acceptors (Lipinski definition) is 3. The van der Waals surface area contributed by atoms with Gasteiger partial charge < -0.3 is 15.5 Å². The van der Waals surface area contributed by atoms with Crippen LogP contribution >= 0.6 is 0 Å². The Labute approximate surface area is 206 Å². The molecule has 0 aromatic heterocycles. The highest BCUT2D eigenvalue weighted by Crippen LogP contribution is 2.56.